The summed E-state index contributed by atoms with van der Waals surface area (Å²) < 4.78 is 0. The first kappa shape index (κ1) is 16.0. The van der Waals surface area contributed by atoms with E-state index in [1.165, 1.54) is 11.1 Å². The van der Waals surface area contributed by atoms with Crippen LogP contribution in [0.3, 0.4) is 0 Å². The molecule has 1 fully saturated rings. The van der Waals surface area contributed by atoms with Gasteiger partial charge in [0.05, 0.1) is 5.41 Å². The van der Waals surface area contributed by atoms with E-state index in [9.17, 15) is 9.90 Å². The molecule has 21 heavy (non-hydrogen) atoms. The third-order valence-electron chi connectivity index (χ3n) is 5.15. The van der Waals surface area contributed by atoms with Crippen LogP contribution in [0.2, 0.25) is 0 Å². The Labute approximate surface area is 128 Å². The number of carboxylic acid groups (broad SMARTS) is 1. The van der Waals surface area contributed by atoms with E-state index in [0.29, 0.717) is 18.9 Å². The van der Waals surface area contributed by atoms with Gasteiger partial charge in [0.15, 0.2) is 0 Å². The van der Waals surface area contributed by atoms with Crippen molar-refractivity contribution >= 4 is 5.97 Å². The van der Waals surface area contributed by atoms with Crippen LogP contribution in [0.15, 0.2) is 24.3 Å². The minimum Gasteiger partial charge on any atom is -0.481 e. The first-order valence-corrected chi connectivity index (χ1v) is 7.97. The summed E-state index contributed by atoms with van der Waals surface area (Å²) >= 11 is 0. The molecule has 0 bridgehead atoms. The second-order valence-corrected chi connectivity index (χ2v) is 6.66. The van der Waals surface area contributed by atoms with Gasteiger partial charge in [0.1, 0.15) is 0 Å². The Morgan fingerprint density at radius 3 is 2.24 bits per heavy atom. The van der Waals surface area contributed by atoms with Crippen molar-refractivity contribution in [2.24, 2.45) is 5.41 Å². The monoisotopic (exact) mass is 289 g/mol. The Hall–Kier alpha value is -1.35. The van der Waals surface area contributed by atoms with Gasteiger partial charge in [-0.05, 0) is 43.4 Å². The highest BCUT2D eigenvalue weighted by Crippen LogP contribution is 2.38. The van der Waals surface area contributed by atoms with Gasteiger partial charge in [0, 0.05) is 12.6 Å². The van der Waals surface area contributed by atoms with Gasteiger partial charge >= 0.3 is 5.97 Å². The van der Waals surface area contributed by atoms with Crippen molar-refractivity contribution in [2.45, 2.75) is 52.5 Å². The summed E-state index contributed by atoms with van der Waals surface area (Å²) in [5.74, 6) is -0.101. The number of carboxylic acids is 1. The molecule has 1 saturated heterocycles. The molecule has 0 amide bonds. The molecule has 3 nitrogen and oxygen atoms in total. The van der Waals surface area contributed by atoms with Gasteiger partial charge in [-0.15, -0.1) is 0 Å². The summed E-state index contributed by atoms with van der Waals surface area (Å²) in [6.45, 7) is 10.1. The number of carbonyl (C=O) groups is 1. The maximum atomic E-state index is 11.6. The van der Waals surface area contributed by atoms with E-state index in [-0.39, 0.29) is 6.04 Å². The number of hydrogen-bond acceptors (Lipinski definition) is 2. The van der Waals surface area contributed by atoms with E-state index < -0.39 is 11.4 Å². The van der Waals surface area contributed by atoms with Crippen molar-refractivity contribution in [3.8, 4) is 0 Å². The van der Waals surface area contributed by atoms with E-state index >= 15 is 0 Å². The van der Waals surface area contributed by atoms with Gasteiger partial charge in [0.25, 0.3) is 0 Å². The fourth-order valence-electron chi connectivity index (χ4n) is 3.22. The van der Waals surface area contributed by atoms with Crippen molar-refractivity contribution in [2.75, 3.05) is 13.1 Å². The van der Waals surface area contributed by atoms with E-state index in [0.717, 1.165) is 13.0 Å². The second-order valence-electron chi connectivity index (χ2n) is 6.66. The molecule has 1 aliphatic heterocycles. The third kappa shape index (κ3) is 3.13. The molecule has 0 aliphatic carbocycles. The first-order valence-electron chi connectivity index (χ1n) is 7.97. The largest absolute Gasteiger partial charge is 0.481 e. The molecule has 0 spiro atoms. The Kier molecular flexibility index (Phi) is 4.72. The molecule has 2 atom stereocenters. The third-order valence-corrected chi connectivity index (χ3v) is 5.15. The Balaban J connectivity index is 2.11. The van der Waals surface area contributed by atoms with Crippen LogP contribution in [-0.4, -0.2) is 29.1 Å². The van der Waals surface area contributed by atoms with E-state index in [1.54, 1.807) is 0 Å². The lowest BCUT2D eigenvalue weighted by Gasteiger charge is -2.28. The van der Waals surface area contributed by atoms with Gasteiger partial charge in [-0.1, -0.05) is 45.0 Å². The maximum absolute atomic E-state index is 11.6. The topological polar surface area (TPSA) is 40.5 Å². The van der Waals surface area contributed by atoms with Crippen molar-refractivity contribution < 1.29 is 9.90 Å². The SMILES string of the molecule is CCC1(C(=O)O)CCN(C(C)c2ccc(C(C)C)cc2)C1. The standard InChI is InChI=1S/C18H27NO2/c1-5-18(17(20)21)10-11-19(12-18)14(4)16-8-6-15(7-9-16)13(2)3/h6-9,13-14H,5,10-12H2,1-4H3,(H,20,21). The Bertz CT molecular complexity index is 494. The second kappa shape index (κ2) is 6.18. The van der Waals surface area contributed by atoms with Crippen LogP contribution < -0.4 is 0 Å². The number of rotatable bonds is 5. The quantitative estimate of drug-likeness (QED) is 0.888. The molecule has 0 aromatic heterocycles. The minimum atomic E-state index is -0.644. The molecular weight excluding hydrogens is 262 g/mol. The lowest BCUT2D eigenvalue weighted by Crippen LogP contribution is -2.35. The minimum absolute atomic E-state index is 0.277. The first-order chi connectivity index (χ1) is 9.89. The normalized spacial score (nSPS) is 24.4. The van der Waals surface area contributed by atoms with Crippen LogP contribution in [0.25, 0.3) is 0 Å². The van der Waals surface area contributed by atoms with Gasteiger partial charge in [0.2, 0.25) is 0 Å². The zero-order chi connectivity index (χ0) is 15.6. The summed E-state index contributed by atoms with van der Waals surface area (Å²) in [7, 11) is 0. The van der Waals surface area contributed by atoms with Gasteiger partial charge < -0.3 is 5.11 Å². The van der Waals surface area contributed by atoms with Gasteiger partial charge in [-0.3, -0.25) is 9.69 Å². The average Bonchev–Trinajstić information content (AvgIpc) is 2.92. The summed E-state index contributed by atoms with van der Waals surface area (Å²) in [5.41, 5.74) is 2.07. The lowest BCUT2D eigenvalue weighted by atomic mass is 9.84. The molecular formula is C18H27NO2. The number of aliphatic carboxylic acids is 1. The van der Waals surface area contributed by atoms with Crippen LogP contribution in [-0.2, 0) is 4.79 Å². The molecule has 0 saturated carbocycles. The zero-order valence-electron chi connectivity index (χ0n) is 13.6. The molecule has 3 heteroatoms. The summed E-state index contributed by atoms with van der Waals surface area (Å²) in [5, 5.41) is 9.50. The van der Waals surface area contributed by atoms with Crippen LogP contribution >= 0.6 is 0 Å². The molecule has 1 N–H and O–H groups in total. The fourth-order valence-corrected chi connectivity index (χ4v) is 3.22. The van der Waals surface area contributed by atoms with Crippen LogP contribution in [0, 0.1) is 5.41 Å². The Morgan fingerprint density at radius 1 is 1.24 bits per heavy atom. The molecule has 1 aromatic rings. The molecule has 2 rings (SSSR count). The van der Waals surface area contributed by atoms with E-state index in [2.05, 4.69) is 49.9 Å². The van der Waals surface area contributed by atoms with Crippen LogP contribution in [0.4, 0.5) is 0 Å². The van der Waals surface area contributed by atoms with Crippen molar-refractivity contribution in [1.29, 1.82) is 0 Å². The fraction of sp³-hybridized carbons (Fsp3) is 0.611. The average molecular weight is 289 g/mol. The summed E-state index contributed by atoms with van der Waals surface area (Å²) in [6.07, 6.45) is 1.46. The van der Waals surface area contributed by atoms with Crippen LogP contribution in [0.5, 0.6) is 0 Å². The van der Waals surface area contributed by atoms with Crippen molar-refractivity contribution in [3.63, 3.8) is 0 Å². The predicted octanol–water partition coefficient (Wildman–Crippen LogP) is 4.06. The molecule has 1 aromatic carbocycles. The molecule has 116 valence electrons. The van der Waals surface area contributed by atoms with E-state index in [1.807, 2.05) is 6.92 Å². The zero-order valence-corrected chi connectivity index (χ0v) is 13.6. The Morgan fingerprint density at radius 2 is 1.81 bits per heavy atom. The van der Waals surface area contributed by atoms with E-state index in [4.69, 9.17) is 0 Å². The number of benzene rings is 1. The maximum Gasteiger partial charge on any atom is 0.310 e. The highest BCUT2D eigenvalue weighted by Gasteiger charge is 2.44. The predicted molar refractivity (Wildman–Crippen MR) is 85.5 cm³/mol. The van der Waals surface area contributed by atoms with Crippen molar-refractivity contribution in [3.05, 3.63) is 35.4 Å². The smallest absolute Gasteiger partial charge is 0.310 e. The number of likely N-dealkylation sites (tertiary alicyclic amines) is 1. The lowest BCUT2D eigenvalue weighted by molar-refractivity contribution is -0.148. The summed E-state index contributed by atoms with van der Waals surface area (Å²) in [6, 6.07) is 9.03. The molecule has 1 heterocycles. The molecule has 1 aliphatic rings. The molecule has 2 unspecified atom stereocenters. The highest BCUT2D eigenvalue weighted by molar-refractivity contribution is 5.75. The van der Waals surface area contributed by atoms with Crippen molar-refractivity contribution in [1.82, 2.24) is 4.90 Å². The van der Waals surface area contributed by atoms with Gasteiger partial charge in [-0.2, -0.15) is 0 Å². The van der Waals surface area contributed by atoms with Crippen LogP contribution in [0.1, 0.15) is 63.6 Å². The van der Waals surface area contributed by atoms with Gasteiger partial charge in [-0.25, -0.2) is 0 Å². The number of hydrogen-bond donors (Lipinski definition) is 1. The highest BCUT2D eigenvalue weighted by atomic mass is 16.4. The summed E-state index contributed by atoms with van der Waals surface area (Å²) in [4.78, 5) is 13.9. The number of nitrogens with zero attached hydrogens (tertiary/aromatic N) is 1. The molecule has 0 radical (unpaired) electrons.